The van der Waals surface area contributed by atoms with Crippen LogP contribution >= 0.6 is 0 Å². The van der Waals surface area contributed by atoms with Crippen LogP contribution in [0.5, 0.6) is 0 Å². The van der Waals surface area contributed by atoms with E-state index in [0.717, 1.165) is 12.1 Å². The third kappa shape index (κ3) is 5.16. The Morgan fingerprint density at radius 1 is 1.04 bits per heavy atom. The summed E-state index contributed by atoms with van der Waals surface area (Å²) in [6.45, 7) is 3.62. The van der Waals surface area contributed by atoms with Crippen molar-refractivity contribution in [3.05, 3.63) is 65.7 Å². The van der Waals surface area contributed by atoms with Crippen molar-refractivity contribution in [1.29, 1.82) is 0 Å². The lowest BCUT2D eigenvalue weighted by atomic mass is 10.1. The average molecular weight is 340 g/mol. The fourth-order valence-corrected chi connectivity index (χ4v) is 2.52. The Morgan fingerprint density at radius 2 is 1.76 bits per heavy atom. The molecule has 2 amide bonds. The largest absolute Gasteiger partial charge is 0.385 e. The number of hydrogen-bond donors (Lipinski definition) is 1. The van der Waals surface area contributed by atoms with Gasteiger partial charge < -0.3 is 15.0 Å². The summed E-state index contributed by atoms with van der Waals surface area (Å²) in [5.74, 6) is -0.309. The summed E-state index contributed by atoms with van der Waals surface area (Å²) in [7, 11) is 1.63. The van der Waals surface area contributed by atoms with E-state index in [-0.39, 0.29) is 11.8 Å². The van der Waals surface area contributed by atoms with Gasteiger partial charge >= 0.3 is 0 Å². The molecule has 0 heterocycles. The molecule has 5 heteroatoms. The van der Waals surface area contributed by atoms with E-state index in [0.29, 0.717) is 30.8 Å². The lowest BCUT2D eigenvalue weighted by molar-refractivity contribution is 0.0948. The fourth-order valence-electron chi connectivity index (χ4n) is 2.52. The number of amides is 2. The van der Waals surface area contributed by atoms with Gasteiger partial charge in [0, 0.05) is 43.6 Å². The highest BCUT2D eigenvalue weighted by Gasteiger charge is 2.17. The molecule has 0 unspecified atom stereocenters. The number of hydrogen-bond acceptors (Lipinski definition) is 3. The summed E-state index contributed by atoms with van der Waals surface area (Å²) in [4.78, 5) is 26.7. The zero-order valence-electron chi connectivity index (χ0n) is 14.7. The van der Waals surface area contributed by atoms with Crippen molar-refractivity contribution < 1.29 is 14.3 Å². The molecule has 0 atom stereocenters. The number of carbonyl (C=O) groups is 2. The van der Waals surface area contributed by atoms with Gasteiger partial charge in [0.1, 0.15) is 0 Å². The molecule has 0 fully saturated rings. The minimum absolute atomic E-state index is 0.122. The predicted octanol–water partition coefficient (Wildman–Crippen LogP) is 3.12. The second kappa shape index (κ2) is 9.59. The van der Waals surface area contributed by atoms with Gasteiger partial charge in [-0.2, -0.15) is 0 Å². The third-order valence-electron chi connectivity index (χ3n) is 3.81. The molecule has 5 nitrogen and oxygen atoms in total. The summed E-state index contributed by atoms with van der Waals surface area (Å²) in [6, 6.07) is 16.3. The number of nitrogens with zero attached hydrogens (tertiary/aromatic N) is 1. The first kappa shape index (κ1) is 18.7. The smallest absolute Gasteiger partial charge is 0.258 e. The second-order valence-corrected chi connectivity index (χ2v) is 5.57. The van der Waals surface area contributed by atoms with Gasteiger partial charge in [-0.3, -0.25) is 9.59 Å². The summed E-state index contributed by atoms with van der Waals surface area (Å²) in [5, 5.41) is 2.83. The van der Waals surface area contributed by atoms with Crippen LogP contribution in [0.4, 0.5) is 5.69 Å². The van der Waals surface area contributed by atoms with Crippen molar-refractivity contribution in [2.45, 2.75) is 13.3 Å². The van der Waals surface area contributed by atoms with Crippen LogP contribution < -0.4 is 10.2 Å². The van der Waals surface area contributed by atoms with Crippen LogP contribution in [0.3, 0.4) is 0 Å². The number of methoxy groups -OCH3 is 1. The molecule has 0 radical (unpaired) electrons. The van der Waals surface area contributed by atoms with Crippen molar-refractivity contribution in [3.8, 4) is 0 Å². The zero-order valence-corrected chi connectivity index (χ0v) is 14.7. The van der Waals surface area contributed by atoms with E-state index < -0.39 is 0 Å². The highest BCUT2D eigenvalue weighted by molar-refractivity contribution is 6.07. The maximum atomic E-state index is 12.8. The molecule has 0 spiro atoms. The molecule has 2 aromatic carbocycles. The van der Waals surface area contributed by atoms with Crippen molar-refractivity contribution in [3.63, 3.8) is 0 Å². The zero-order chi connectivity index (χ0) is 18.1. The minimum Gasteiger partial charge on any atom is -0.385 e. The van der Waals surface area contributed by atoms with Gasteiger partial charge in [0.05, 0.1) is 0 Å². The number of ether oxygens (including phenoxy) is 1. The van der Waals surface area contributed by atoms with Crippen LogP contribution in [0.15, 0.2) is 54.6 Å². The van der Waals surface area contributed by atoms with E-state index in [1.807, 2.05) is 37.3 Å². The molecule has 132 valence electrons. The summed E-state index contributed by atoms with van der Waals surface area (Å²) < 4.78 is 4.96. The van der Waals surface area contributed by atoms with Gasteiger partial charge in [-0.05, 0) is 43.7 Å². The van der Waals surface area contributed by atoms with Gasteiger partial charge in [0.2, 0.25) is 0 Å². The van der Waals surface area contributed by atoms with Gasteiger partial charge in [0.15, 0.2) is 0 Å². The first-order valence-electron chi connectivity index (χ1n) is 8.41. The molecule has 0 saturated carbocycles. The summed E-state index contributed by atoms with van der Waals surface area (Å²) in [5.41, 5.74) is 1.81. The van der Waals surface area contributed by atoms with E-state index in [2.05, 4.69) is 5.32 Å². The number of rotatable bonds is 8. The van der Waals surface area contributed by atoms with Crippen LogP contribution in [-0.2, 0) is 4.74 Å². The monoisotopic (exact) mass is 340 g/mol. The first-order valence-corrected chi connectivity index (χ1v) is 8.41. The van der Waals surface area contributed by atoms with E-state index in [4.69, 9.17) is 4.74 Å². The Bertz CT molecular complexity index is 701. The van der Waals surface area contributed by atoms with Gasteiger partial charge in [-0.1, -0.05) is 24.3 Å². The maximum absolute atomic E-state index is 12.8. The summed E-state index contributed by atoms with van der Waals surface area (Å²) in [6.07, 6.45) is 0.748. The van der Waals surface area contributed by atoms with E-state index in [1.54, 1.807) is 36.3 Å². The molecule has 2 rings (SSSR count). The number of benzene rings is 2. The SMILES string of the molecule is CCN(C(=O)c1cccc(C(=O)NCCCOC)c1)c1ccccc1. The topological polar surface area (TPSA) is 58.6 Å². The van der Waals surface area contributed by atoms with Crippen molar-refractivity contribution in [1.82, 2.24) is 5.32 Å². The Kier molecular flexibility index (Phi) is 7.16. The number of nitrogens with one attached hydrogen (secondary N) is 1. The van der Waals surface area contributed by atoms with Crippen molar-refractivity contribution in [2.24, 2.45) is 0 Å². The number of anilines is 1. The van der Waals surface area contributed by atoms with Crippen molar-refractivity contribution in [2.75, 3.05) is 31.7 Å². The van der Waals surface area contributed by atoms with Gasteiger partial charge in [0.25, 0.3) is 11.8 Å². The van der Waals surface area contributed by atoms with E-state index in [9.17, 15) is 9.59 Å². The van der Waals surface area contributed by atoms with Crippen LogP contribution in [0, 0.1) is 0 Å². The maximum Gasteiger partial charge on any atom is 0.258 e. The fraction of sp³-hybridized carbons (Fsp3) is 0.300. The molecule has 0 aliphatic carbocycles. The Morgan fingerprint density at radius 3 is 2.44 bits per heavy atom. The Balaban J connectivity index is 2.11. The average Bonchev–Trinajstić information content (AvgIpc) is 2.66. The highest BCUT2D eigenvalue weighted by atomic mass is 16.5. The van der Waals surface area contributed by atoms with Crippen LogP contribution in [0.2, 0.25) is 0 Å². The normalized spacial score (nSPS) is 10.3. The van der Waals surface area contributed by atoms with E-state index in [1.165, 1.54) is 0 Å². The Hall–Kier alpha value is -2.66. The van der Waals surface area contributed by atoms with E-state index >= 15 is 0 Å². The lowest BCUT2D eigenvalue weighted by Gasteiger charge is -2.21. The number of carbonyl (C=O) groups excluding carboxylic acids is 2. The quantitative estimate of drug-likeness (QED) is 0.751. The molecule has 0 aliphatic heterocycles. The summed E-state index contributed by atoms with van der Waals surface area (Å²) >= 11 is 0. The van der Waals surface area contributed by atoms with Crippen LogP contribution in [0.25, 0.3) is 0 Å². The molecule has 2 aromatic rings. The Labute approximate surface area is 148 Å². The molecule has 0 aromatic heterocycles. The second-order valence-electron chi connectivity index (χ2n) is 5.57. The predicted molar refractivity (Wildman–Crippen MR) is 99.1 cm³/mol. The molecule has 0 saturated heterocycles. The molecule has 0 bridgehead atoms. The molecule has 1 N–H and O–H groups in total. The van der Waals surface area contributed by atoms with Gasteiger partial charge in [-0.25, -0.2) is 0 Å². The third-order valence-corrected chi connectivity index (χ3v) is 3.81. The molecule has 0 aliphatic rings. The standard InChI is InChI=1S/C20H24N2O3/c1-3-22(18-11-5-4-6-12-18)20(24)17-10-7-9-16(15-17)19(23)21-13-8-14-25-2/h4-7,9-12,15H,3,8,13-14H2,1-2H3,(H,21,23). The molecular formula is C20H24N2O3. The molecule has 25 heavy (non-hydrogen) atoms. The van der Waals surface area contributed by atoms with Gasteiger partial charge in [-0.15, -0.1) is 0 Å². The van der Waals surface area contributed by atoms with Crippen LogP contribution in [-0.4, -0.2) is 38.6 Å². The lowest BCUT2D eigenvalue weighted by Crippen LogP contribution is -2.31. The minimum atomic E-state index is -0.187. The molecular weight excluding hydrogens is 316 g/mol. The van der Waals surface area contributed by atoms with Crippen molar-refractivity contribution >= 4 is 17.5 Å². The first-order chi connectivity index (χ1) is 12.2. The number of para-hydroxylation sites is 1. The highest BCUT2D eigenvalue weighted by Crippen LogP contribution is 2.17. The van der Waals surface area contributed by atoms with Crippen LogP contribution in [0.1, 0.15) is 34.1 Å².